The number of nitrogens with zero attached hydrogens (tertiary/aromatic N) is 4. The van der Waals surface area contributed by atoms with Gasteiger partial charge < -0.3 is 10.8 Å². The molecule has 13 heavy (non-hydrogen) atoms. The molecule has 0 aromatic carbocycles. The van der Waals surface area contributed by atoms with Crippen LogP contribution in [0.15, 0.2) is 12.4 Å². The van der Waals surface area contributed by atoms with Gasteiger partial charge in [-0.1, -0.05) is 5.21 Å². The van der Waals surface area contributed by atoms with E-state index in [1.807, 2.05) is 0 Å². The van der Waals surface area contributed by atoms with Crippen LogP contribution in [0.4, 0.5) is 5.69 Å². The minimum absolute atomic E-state index is 0.0211. The summed E-state index contributed by atoms with van der Waals surface area (Å²) in [6.45, 7) is 0.425. The highest BCUT2D eigenvalue weighted by Crippen LogP contribution is 2.15. The van der Waals surface area contributed by atoms with Crippen molar-refractivity contribution in [2.75, 3.05) is 12.3 Å². The van der Waals surface area contributed by atoms with E-state index >= 15 is 0 Å². The van der Waals surface area contributed by atoms with Crippen molar-refractivity contribution >= 4 is 16.7 Å². The number of pyridine rings is 1. The van der Waals surface area contributed by atoms with E-state index in [2.05, 4.69) is 15.3 Å². The van der Waals surface area contributed by atoms with E-state index in [-0.39, 0.29) is 6.61 Å². The highest BCUT2D eigenvalue weighted by Gasteiger charge is 2.06. The number of aliphatic hydroxyl groups is 1. The molecule has 0 unspecified atom stereocenters. The molecule has 0 amide bonds. The van der Waals surface area contributed by atoms with Crippen LogP contribution in [0.1, 0.15) is 0 Å². The number of rotatable bonds is 2. The summed E-state index contributed by atoms with van der Waals surface area (Å²) in [5.74, 6) is 0. The minimum atomic E-state index is 0.0211. The first kappa shape index (κ1) is 7.93. The smallest absolute Gasteiger partial charge is 0.139 e. The Morgan fingerprint density at radius 2 is 2.31 bits per heavy atom. The Labute approximate surface area is 74.0 Å². The van der Waals surface area contributed by atoms with E-state index in [1.54, 1.807) is 10.9 Å². The Balaban J connectivity index is 2.61. The fraction of sp³-hybridized carbons (Fsp3) is 0.286. The van der Waals surface area contributed by atoms with Gasteiger partial charge in [0.2, 0.25) is 0 Å². The highest BCUT2D eigenvalue weighted by molar-refractivity contribution is 5.84. The van der Waals surface area contributed by atoms with Crippen LogP contribution in [-0.2, 0) is 6.54 Å². The van der Waals surface area contributed by atoms with Crippen LogP contribution in [-0.4, -0.2) is 31.7 Å². The van der Waals surface area contributed by atoms with Gasteiger partial charge in [-0.25, -0.2) is 4.68 Å². The number of hydrogen-bond donors (Lipinski definition) is 2. The van der Waals surface area contributed by atoms with Gasteiger partial charge in [-0.15, -0.1) is 5.10 Å². The summed E-state index contributed by atoms with van der Waals surface area (Å²) < 4.78 is 1.57. The molecule has 0 aliphatic carbocycles. The molecular weight excluding hydrogens is 170 g/mol. The first-order chi connectivity index (χ1) is 6.33. The molecule has 0 spiro atoms. The number of aliphatic hydroxyl groups excluding tert-OH is 1. The van der Waals surface area contributed by atoms with Crippen LogP contribution < -0.4 is 5.73 Å². The van der Waals surface area contributed by atoms with Crippen molar-refractivity contribution in [1.29, 1.82) is 0 Å². The SMILES string of the molecule is Nc1cncc2c1nnn2CCO. The largest absolute Gasteiger partial charge is 0.396 e. The summed E-state index contributed by atoms with van der Waals surface area (Å²) >= 11 is 0. The van der Waals surface area contributed by atoms with Crippen molar-refractivity contribution in [3.8, 4) is 0 Å². The summed E-state index contributed by atoms with van der Waals surface area (Å²) in [5, 5.41) is 16.4. The monoisotopic (exact) mass is 179 g/mol. The van der Waals surface area contributed by atoms with Crippen LogP contribution in [0.3, 0.4) is 0 Å². The first-order valence-electron chi connectivity index (χ1n) is 3.86. The van der Waals surface area contributed by atoms with E-state index in [0.717, 1.165) is 5.52 Å². The van der Waals surface area contributed by atoms with Crippen molar-refractivity contribution in [3.63, 3.8) is 0 Å². The third kappa shape index (κ3) is 1.20. The number of nitrogens with two attached hydrogens (primary N) is 1. The number of fused-ring (bicyclic) bond motifs is 1. The molecule has 0 radical (unpaired) electrons. The van der Waals surface area contributed by atoms with E-state index in [1.165, 1.54) is 6.20 Å². The fourth-order valence-corrected chi connectivity index (χ4v) is 1.16. The molecule has 2 rings (SSSR count). The number of nitrogen functional groups attached to an aromatic ring is 1. The summed E-state index contributed by atoms with van der Waals surface area (Å²) in [7, 11) is 0. The molecule has 0 bridgehead atoms. The molecule has 2 aromatic heterocycles. The zero-order valence-corrected chi connectivity index (χ0v) is 6.88. The van der Waals surface area contributed by atoms with E-state index in [4.69, 9.17) is 10.8 Å². The Morgan fingerprint density at radius 3 is 3.08 bits per heavy atom. The Bertz CT molecular complexity index is 424. The number of anilines is 1. The Hall–Kier alpha value is -1.69. The van der Waals surface area contributed by atoms with Crippen molar-refractivity contribution < 1.29 is 5.11 Å². The standard InChI is InChI=1S/C7H9N5O/c8-5-3-9-4-6-7(5)10-11-12(6)1-2-13/h3-4,13H,1-2,8H2. The second-order valence-corrected chi connectivity index (χ2v) is 2.63. The normalized spacial score (nSPS) is 10.8. The number of hydrogen-bond acceptors (Lipinski definition) is 5. The summed E-state index contributed by atoms with van der Waals surface area (Å²) in [5.41, 5.74) is 7.50. The molecule has 0 aliphatic rings. The lowest BCUT2D eigenvalue weighted by Gasteiger charge is -1.97. The molecule has 3 N–H and O–H groups in total. The zero-order valence-electron chi connectivity index (χ0n) is 6.88. The molecular formula is C7H9N5O. The fourth-order valence-electron chi connectivity index (χ4n) is 1.16. The van der Waals surface area contributed by atoms with E-state index in [0.29, 0.717) is 17.7 Å². The van der Waals surface area contributed by atoms with Crippen molar-refractivity contribution in [3.05, 3.63) is 12.4 Å². The van der Waals surface area contributed by atoms with Gasteiger partial charge in [-0.05, 0) is 0 Å². The van der Waals surface area contributed by atoms with Crippen molar-refractivity contribution in [2.45, 2.75) is 6.54 Å². The van der Waals surface area contributed by atoms with Crippen LogP contribution in [0.2, 0.25) is 0 Å². The lowest BCUT2D eigenvalue weighted by atomic mass is 10.3. The van der Waals surface area contributed by atoms with E-state index in [9.17, 15) is 0 Å². The molecule has 6 nitrogen and oxygen atoms in total. The minimum Gasteiger partial charge on any atom is -0.396 e. The maximum Gasteiger partial charge on any atom is 0.139 e. The molecule has 2 heterocycles. The third-order valence-electron chi connectivity index (χ3n) is 1.77. The van der Waals surface area contributed by atoms with Gasteiger partial charge in [0.15, 0.2) is 0 Å². The molecule has 0 saturated carbocycles. The van der Waals surface area contributed by atoms with Crippen molar-refractivity contribution in [1.82, 2.24) is 20.0 Å². The summed E-state index contributed by atoms with van der Waals surface area (Å²) in [6.07, 6.45) is 3.15. The van der Waals surface area contributed by atoms with Gasteiger partial charge in [0.25, 0.3) is 0 Å². The predicted molar refractivity (Wildman–Crippen MR) is 46.8 cm³/mol. The molecule has 0 saturated heterocycles. The first-order valence-corrected chi connectivity index (χ1v) is 3.86. The molecule has 0 fully saturated rings. The zero-order chi connectivity index (χ0) is 9.26. The second-order valence-electron chi connectivity index (χ2n) is 2.63. The maximum atomic E-state index is 8.73. The van der Waals surface area contributed by atoms with Gasteiger partial charge in [0.05, 0.1) is 31.2 Å². The lowest BCUT2D eigenvalue weighted by Crippen LogP contribution is -2.03. The Kier molecular flexibility index (Phi) is 1.82. The molecule has 0 aliphatic heterocycles. The third-order valence-corrected chi connectivity index (χ3v) is 1.77. The van der Waals surface area contributed by atoms with Gasteiger partial charge >= 0.3 is 0 Å². The van der Waals surface area contributed by atoms with Crippen LogP contribution in [0.25, 0.3) is 11.0 Å². The predicted octanol–water partition coefficient (Wildman–Crippen LogP) is -0.599. The van der Waals surface area contributed by atoms with Gasteiger partial charge in [-0.2, -0.15) is 0 Å². The Morgan fingerprint density at radius 1 is 1.46 bits per heavy atom. The lowest BCUT2D eigenvalue weighted by molar-refractivity contribution is 0.270. The van der Waals surface area contributed by atoms with E-state index < -0.39 is 0 Å². The summed E-state index contributed by atoms with van der Waals surface area (Å²) in [6, 6.07) is 0. The second kappa shape index (κ2) is 2.98. The number of aromatic nitrogens is 4. The average molecular weight is 179 g/mol. The maximum absolute atomic E-state index is 8.73. The van der Waals surface area contributed by atoms with Gasteiger partial charge in [-0.3, -0.25) is 4.98 Å². The quantitative estimate of drug-likeness (QED) is 0.642. The topological polar surface area (TPSA) is 89.9 Å². The van der Waals surface area contributed by atoms with Gasteiger partial charge in [0, 0.05) is 0 Å². The van der Waals surface area contributed by atoms with Crippen LogP contribution in [0.5, 0.6) is 0 Å². The molecule has 0 atom stereocenters. The summed E-state index contributed by atoms with van der Waals surface area (Å²) in [4.78, 5) is 3.92. The average Bonchev–Trinajstić information content (AvgIpc) is 2.51. The molecule has 68 valence electrons. The van der Waals surface area contributed by atoms with Crippen LogP contribution >= 0.6 is 0 Å². The molecule has 2 aromatic rings. The van der Waals surface area contributed by atoms with Crippen molar-refractivity contribution in [2.24, 2.45) is 0 Å². The van der Waals surface area contributed by atoms with Crippen LogP contribution in [0, 0.1) is 0 Å². The molecule has 6 heteroatoms. The highest BCUT2D eigenvalue weighted by atomic mass is 16.3. The van der Waals surface area contributed by atoms with Gasteiger partial charge in [0.1, 0.15) is 11.0 Å².